The maximum absolute atomic E-state index is 12.3. The lowest BCUT2D eigenvalue weighted by atomic mass is 9.94. The van der Waals surface area contributed by atoms with Crippen molar-refractivity contribution in [3.8, 4) is 0 Å². The standard InChI is InChI=1S/C16H24N2O/c1-12(2)7-13(9-17)8-16(19)18-10-14-5-3-4-6-15(14)11-18/h3-6,12-13H,7-11,17H2,1-2H3. The average molecular weight is 260 g/mol. The topological polar surface area (TPSA) is 46.3 Å². The molecule has 1 atom stereocenters. The van der Waals surface area contributed by atoms with Gasteiger partial charge in [-0.15, -0.1) is 0 Å². The van der Waals surface area contributed by atoms with Crippen LogP contribution in [0.2, 0.25) is 0 Å². The highest BCUT2D eigenvalue weighted by molar-refractivity contribution is 5.77. The van der Waals surface area contributed by atoms with Crippen LogP contribution in [0.15, 0.2) is 24.3 Å². The quantitative estimate of drug-likeness (QED) is 0.884. The van der Waals surface area contributed by atoms with Gasteiger partial charge < -0.3 is 10.6 Å². The van der Waals surface area contributed by atoms with E-state index in [4.69, 9.17) is 5.73 Å². The third-order valence-corrected chi connectivity index (χ3v) is 3.79. The lowest BCUT2D eigenvalue weighted by molar-refractivity contribution is -0.132. The Kier molecular flexibility index (Phi) is 4.59. The molecule has 2 N–H and O–H groups in total. The summed E-state index contributed by atoms with van der Waals surface area (Å²) in [6.07, 6.45) is 1.62. The van der Waals surface area contributed by atoms with Crippen LogP contribution >= 0.6 is 0 Å². The number of carbonyl (C=O) groups is 1. The Morgan fingerprint density at radius 1 is 1.26 bits per heavy atom. The van der Waals surface area contributed by atoms with Gasteiger partial charge in [0.25, 0.3) is 0 Å². The first-order valence-corrected chi connectivity index (χ1v) is 7.14. The van der Waals surface area contributed by atoms with Crippen molar-refractivity contribution in [3.05, 3.63) is 35.4 Å². The molecule has 1 heterocycles. The van der Waals surface area contributed by atoms with Crippen molar-refractivity contribution in [1.82, 2.24) is 4.90 Å². The van der Waals surface area contributed by atoms with Crippen LogP contribution in [-0.4, -0.2) is 17.4 Å². The minimum Gasteiger partial charge on any atom is -0.334 e. The molecular weight excluding hydrogens is 236 g/mol. The van der Waals surface area contributed by atoms with E-state index in [1.165, 1.54) is 11.1 Å². The fourth-order valence-corrected chi connectivity index (χ4v) is 2.82. The molecule has 1 amide bonds. The van der Waals surface area contributed by atoms with Crippen LogP contribution < -0.4 is 5.73 Å². The number of nitrogens with two attached hydrogens (primary N) is 1. The van der Waals surface area contributed by atoms with E-state index >= 15 is 0 Å². The number of fused-ring (bicyclic) bond motifs is 1. The molecule has 104 valence electrons. The lowest BCUT2D eigenvalue weighted by Gasteiger charge is -2.21. The zero-order chi connectivity index (χ0) is 13.8. The molecule has 0 saturated carbocycles. The van der Waals surface area contributed by atoms with Gasteiger partial charge in [0.2, 0.25) is 5.91 Å². The van der Waals surface area contributed by atoms with Gasteiger partial charge in [-0.05, 0) is 35.9 Å². The first-order valence-electron chi connectivity index (χ1n) is 7.14. The summed E-state index contributed by atoms with van der Waals surface area (Å²) in [5.74, 6) is 1.15. The van der Waals surface area contributed by atoms with Gasteiger partial charge in [-0.25, -0.2) is 0 Å². The lowest BCUT2D eigenvalue weighted by Crippen LogP contribution is -2.30. The van der Waals surface area contributed by atoms with E-state index in [0.717, 1.165) is 19.5 Å². The zero-order valence-electron chi connectivity index (χ0n) is 11.9. The van der Waals surface area contributed by atoms with Crippen molar-refractivity contribution in [2.75, 3.05) is 6.54 Å². The second kappa shape index (κ2) is 6.20. The summed E-state index contributed by atoms with van der Waals surface area (Å²) >= 11 is 0. The summed E-state index contributed by atoms with van der Waals surface area (Å²) in [5.41, 5.74) is 8.34. The molecule has 1 aliphatic heterocycles. The summed E-state index contributed by atoms with van der Waals surface area (Å²) in [6.45, 7) is 6.48. The Balaban J connectivity index is 1.92. The highest BCUT2D eigenvalue weighted by atomic mass is 16.2. The van der Waals surface area contributed by atoms with E-state index in [1.807, 2.05) is 17.0 Å². The SMILES string of the molecule is CC(C)CC(CN)CC(=O)N1Cc2ccccc2C1. The van der Waals surface area contributed by atoms with Gasteiger partial charge in [0.15, 0.2) is 0 Å². The summed E-state index contributed by atoms with van der Waals surface area (Å²) in [7, 11) is 0. The molecule has 0 bridgehead atoms. The van der Waals surface area contributed by atoms with Crippen molar-refractivity contribution in [3.63, 3.8) is 0 Å². The van der Waals surface area contributed by atoms with Crippen molar-refractivity contribution < 1.29 is 4.79 Å². The largest absolute Gasteiger partial charge is 0.334 e. The molecule has 3 heteroatoms. The molecule has 0 fully saturated rings. The van der Waals surface area contributed by atoms with E-state index in [9.17, 15) is 4.79 Å². The van der Waals surface area contributed by atoms with Crippen LogP contribution in [0.1, 0.15) is 37.8 Å². The van der Waals surface area contributed by atoms with Crippen LogP contribution in [0.3, 0.4) is 0 Å². The fourth-order valence-electron chi connectivity index (χ4n) is 2.82. The van der Waals surface area contributed by atoms with Crippen LogP contribution in [0.5, 0.6) is 0 Å². The number of hydrogen-bond donors (Lipinski definition) is 1. The molecule has 1 aliphatic rings. The van der Waals surface area contributed by atoms with Crippen molar-refractivity contribution in [1.29, 1.82) is 0 Å². The van der Waals surface area contributed by atoms with Crippen molar-refractivity contribution in [2.45, 2.75) is 39.8 Å². The molecule has 3 nitrogen and oxygen atoms in total. The molecule has 0 aliphatic carbocycles. The first kappa shape index (κ1) is 14.1. The molecule has 1 unspecified atom stereocenters. The third kappa shape index (κ3) is 3.57. The number of hydrogen-bond acceptors (Lipinski definition) is 2. The van der Waals surface area contributed by atoms with Crippen LogP contribution in [0.25, 0.3) is 0 Å². The van der Waals surface area contributed by atoms with Gasteiger partial charge in [0.1, 0.15) is 0 Å². The average Bonchev–Trinajstić information content (AvgIpc) is 2.81. The fraction of sp³-hybridized carbons (Fsp3) is 0.562. The second-order valence-electron chi connectivity index (χ2n) is 5.95. The number of amides is 1. The molecule has 0 radical (unpaired) electrons. The van der Waals surface area contributed by atoms with Crippen LogP contribution in [-0.2, 0) is 17.9 Å². The number of carbonyl (C=O) groups excluding carboxylic acids is 1. The predicted octanol–water partition coefficient (Wildman–Crippen LogP) is 2.54. The number of rotatable bonds is 5. The van der Waals surface area contributed by atoms with Gasteiger partial charge >= 0.3 is 0 Å². The number of nitrogens with zero attached hydrogens (tertiary/aromatic N) is 1. The predicted molar refractivity (Wildman–Crippen MR) is 77.3 cm³/mol. The maximum atomic E-state index is 12.3. The van der Waals surface area contributed by atoms with E-state index in [-0.39, 0.29) is 5.91 Å². The Hall–Kier alpha value is -1.35. The minimum absolute atomic E-state index is 0.243. The van der Waals surface area contributed by atoms with Gasteiger partial charge in [0, 0.05) is 19.5 Å². The highest BCUT2D eigenvalue weighted by Gasteiger charge is 2.24. The van der Waals surface area contributed by atoms with Gasteiger partial charge in [0.05, 0.1) is 0 Å². The third-order valence-electron chi connectivity index (χ3n) is 3.79. The summed E-state index contributed by atoms with van der Waals surface area (Å²) in [4.78, 5) is 14.3. The maximum Gasteiger partial charge on any atom is 0.223 e. The molecule has 1 aromatic carbocycles. The Morgan fingerprint density at radius 2 is 1.84 bits per heavy atom. The molecule has 1 aromatic rings. The molecule has 2 rings (SSSR count). The van der Waals surface area contributed by atoms with E-state index in [0.29, 0.717) is 24.8 Å². The summed E-state index contributed by atoms with van der Waals surface area (Å²) < 4.78 is 0. The van der Waals surface area contributed by atoms with Gasteiger partial charge in [-0.2, -0.15) is 0 Å². The molecule has 19 heavy (non-hydrogen) atoms. The smallest absolute Gasteiger partial charge is 0.223 e. The number of benzene rings is 1. The molecule has 0 spiro atoms. The zero-order valence-corrected chi connectivity index (χ0v) is 11.9. The van der Waals surface area contributed by atoms with Crippen LogP contribution in [0.4, 0.5) is 0 Å². The van der Waals surface area contributed by atoms with E-state index in [1.54, 1.807) is 0 Å². The summed E-state index contributed by atoms with van der Waals surface area (Å²) in [5, 5.41) is 0. The van der Waals surface area contributed by atoms with Crippen LogP contribution in [0, 0.1) is 11.8 Å². The Labute approximate surface area is 115 Å². The van der Waals surface area contributed by atoms with Crippen molar-refractivity contribution >= 4 is 5.91 Å². The van der Waals surface area contributed by atoms with Crippen molar-refractivity contribution in [2.24, 2.45) is 17.6 Å². The highest BCUT2D eigenvalue weighted by Crippen LogP contribution is 2.24. The van der Waals surface area contributed by atoms with Gasteiger partial charge in [-0.1, -0.05) is 38.1 Å². The first-order chi connectivity index (χ1) is 9.10. The molecular formula is C16H24N2O. The minimum atomic E-state index is 0.243. The second-order valence-corrected chi connectivity index (χ2v) is 5.95. The Bertz CT molecular complexity index is 417. The molecule has 0 saturated heterocycles. The summed E-state index contributed by atoms with van der Waals surface area (Å²) in [6, 6.07) is 8.29. The van der Waals surface area contributed by atoms with E-state index < -0.39 is 0 Å². The Morgan fingerprint density at radius 3 is 2.32 bits per heavy atom. The normalized spacial score (nSPS) is 15.7. The van der Waals surface area contributed by atoms with E-state index in [2.05, 4.69) is 26.0 Å². The van der Waals surface area contributed by atoms with Gasteiger partial charge in [-0.3, -0.25) is 4.79 Å². The molecule has 0 aromatic heterocycles. The monoisotopic (exact) mass is 260 g/mol.